The molecule has 1 unspecified atom stereocenters. The average Bonchev–Trinajstić information content (AvgIpc) is 2.37. The Morgan fingerprint density at radius 1 is 1.53 bits per heavy atom. The number of amides is 1. The van der Waals surface area contributed by atoms with Gasteiger partial charge in [0.05, 0.1) is 16.6 Å². The predicted octanol–water partition coefficient (Wildman–Crippen LogP) is 2.64. The normalized spacial score (nSPS) is 13.1. The molecule has 1 amide bonds. The third-order valence-corrected chi connectivity index (χ3v) is 3.08. The topological polar surface area (TPSA) is 87.7 Å². The van der Waals surface area contributed by atoms with Gasteiger partial charge in [-0.3, -0.25) is 4.79 Å². The molecule has 1 rings (SSSR count). The van der Waals surface area contributed by atoms with Gasteiger partial charge in [0, 0.05) is 5.02 Å². The number of carbonyl (C=O) groups excluding carboxylic acids is 1. The maximum atomic E-state index is 12.1. The fourth-order valence-corrected chi connectivity index (χ4v) is 2.06. The molecule has 0 radical (unpaired) electrons. The first-order valence-corrected chi connectivity index (χ1v) is 6.48. The molecule has 7 heteroatoms. The second-order valence-corrected chi connectivity index (χ2v) is 4.81. The highest BCUT2D eigenvalue weighted by molar-refractivity contribution is 6.36. The summed E-state index contributed by atoms with van der Waals surface area (Å²) in [5, 5.41) is 15.0. The number of halogens is 2. The van der Waals surface area contributed by atoms with Crippen LogP contribution in [0.25, 0.3) is 0 Å². The van der Waals surface area contributed by atoms with E-state index in [1.165, 1.54) is 12.1 Å². The van der Waals surface area contributed by atoms with Crippen LogP contribution >= 0.6 is 23.2 Å². The van der Waals surface area contributed by atoms with Crippen molar-refractivity contribution >= 4 is 34.9 Å². The van der Waals surface area contributed by atoms with E-state index in [9.17, 15) is 4.79 Å². The van der Waals surface area contributed by atoms with Crippen LogP contribution in [-0.4, -0.2) is 23.0 Å². The van der Waals surface area contributed by atoms with Gasteiger partial charge in [0.1, 0.15) is 0 Å². The van der Waals surface area contributed by atoms with Crippen molar-refractivity contribution in [3.8, 4) is 0 Å². The van der Waals surface area contributed by atoms with Gasteiger partial charge in [-0.25, -0.2) is 0 Å². The summed E-state index contributed by atoms with van der Waals surface area (Å²) in [4.78, 5) is 12.1. The molecule has 1 aromatic carbocycles. The Morgan fingerprint density at radius 3 is 2.74 bits per heavy atom. The first-order chi connectivity index (χ1) is 8.99. The van der Waals surface area contributed by atoms with E-state index < -0.39 is 11.9 Å². The number of nitrogens with one attached hydrogen (secondary N) is 1. The fraction of sp³-hybridized carbons (Fsp3) is 0.333. The number of benzene rings is 1. The summed E-state index contributed by atoms with van der Waals surface area (Å²) in [6.07, 6.45) is 1.34. The van der Waals surface area contributed by atoms with Crippen LogP contribution in [0, 0.1) is 0 Å². The Labute approximate surface area is 121 Å². The van der Waals surface area contributed by atoms with Gasteiger partial charge in [0.25, 0.3) is 5.91 Å². The Morgan fingerprint density at radius 2 is 2.21 bits per heavy atom. The molecular weight excluding hydrogens is 289 g/mol. The number of rotatable bonds is 5. The van der Waals surface area contributed by atoms with Crippen molar-refractivity contribution in [3.63, 3.8) is 0 Å². The van der Waals surface area contributed by atoms with Crippen molar-refractivity contribution in [1.82, 2.24) is 5.32 Å². The lowest BCUT2D eigenvalue weighted by atomic mass is 10.1. The quantitative estimate of drug-likeness (QED) is 0.338. The third-order valence-electron chi connectivity index (χ3n) is 2.53. The van der Waals surface area contributed by atoms with Crippen molar-refractivity contribution in [2.75, 3.05) is 0 Å². The Balaban J connectivity index is 2.87. The van der Waals surface area contributed by atoms with E-state index in [0.29, 0.717) is 11.4 Å². The van der Waals surface area contributed by atoms with Crippen molar-refractivity contribution in [2.45, 2.75) is 25.8 Å². The molecule has 0 aromatic heterocycles. The van der Waals surface area contributed by atoms with Gasteiger partial charge in [-0.15, -0.1) is 0 Å². The average molecular weight is 304 g/mol. The molecule has 0 aliphatic heterocycles. The summed E-state index contributed by atoms with van der Waals surface area (Å²) in [7, 11) is 0. The maximum Gasteiger partial charge on any atom is 0.253 e. The van der Waals surface area contributed by atoms with Gasteiger partial charge in [-0.1, -0.05) is 41.7 Å². The van der Waals surface area contributed by atoms with E-state index in [-0.39, 0.29) is 16.4 Å². The molecule has 0 saturated carbocycles. The van der Waals surface area contributed by atoms with E-state index in [1.807, 2.05) is 6.92 Å². The first-order valence-electron chi connectivity index (χ1n) is 5.73. The molecule has 0 aliphatic rings. The third kappa shape index (κ3) is 4.29. The van der Waals surface area contributed by atoms with Crippen LogP contribution in [0.3, 0.4) is 0 Å². The molecular formula is C12H15Cl2N3O2. The molecule has 4 N–H and O–H groups in total. The lowest BCUT2D eigenvalue weighted by molar-refractivity contribution is 0.0945. The van der Waals surface area contributed by atoms with E-state index >= 15 is 0 Å². The van der Waals surface area contributed by atoms with Gasteiger partial charge in [-0.05, 0) is 24.6 Å². The summed E-state index contributed by atoms with van der Waals surface area (Å²) in [5.41, 5.74) is 5.81. The summed E-state index contributed by atoms with van der Waals surface area (Å²) in [5.74, 6) is -0.438. The van der Waals surface area contributed by atoms with Crippen LogP contribution in [0.15, 0.2) is 23.4 Å². The molecule has 0 fully saturated rings. The minimum Gasteiger partial charge on any atom is -0.409 e. The van der Waals surface area contributed by atoms with Gasteiger partial charge < -0.3 is 16.3 Å². The van der Waals surface area contributed by atoms with E-state index in [4.69, 9.17) is 34.1 Å². The molecule has 0 spiro atoms. The molecule has 0 saturated heterocycles. The molecule has 0 bridgehead atoms. The Bertz CT molecular complexity index is 492. The van der Waals surface area contributed by atoms with Crippen molar-refractivity contribution in [3.05, 3.63) is 33.8 Å². The maximum absolute atomic E-state index is 12.1. The highest BCUT2D eigenvalue weighted by Crippen LogP contribution is 2.21. The zero-order chi connectivity index (χ0) is 14.4. The molecule has 5 nitrogen and oxygen atoms in total. The lowest BCUT2D eigenvalue weighted by Gasteiger charge is -2.17. The largest absolute Gasteiger partial charge is 0.409 e. The lowest BCUT2D eigenvalue weighted by Crippen LogP contribution is -2.44. The highest BCUT2D eigenvalue weighted by Gasteiger charge is 2.18. The highest BCUT2D eigenvalue weighted by atomic mass is 35.5. The van der Waals surface area contributed by atoms with E-state index in [2.05, 4.69) is 10.5 Å². The van der Waals surface area contributed by atoms with Gasteiger partial charge in [0.2, 0.25) is 0 Å². The number of hydrogen-bond acceptors (Lipinski definition) is 3. The fourth-order valence-electron chi connectivity index (χ4n) is 1.56. The molecule has 1 atom stereocenters. The second kappa shape index (κ2) is 7.21. The van der Waals surface area contributed by atoms with Gasteiger partial charge in [0.15, 0.2) is 5.84 Å². The standard InChI is InChI=1S/C12H15Cl2N3O2/c1-2-3-10(11(15)17-19)16-12(18)8-5-4-7(13)6-9(8)14/h4-6,10,19H,2-3H2,1H3,(H2,15,17)(H,16,18). The van der Waals surface area contributed by atoms with Crippen LogP contribution in [0.1, 0.15) is 30.1 Å². The van der Waals surface area contributed by atoms with E-state index in [1.54, 1.807) is 6.07 Å². The van der Waals surface area contributed by atoms with Crippen LogP contribution in [-0.2, 0) is 0 Å². The molecule has 0 aliphatic carbocycles. The molecule has 0 heterocycles. The minimum atomic E-state index is -0.533. The number of carbonyl (C=O) groups is 1. The van der Waals surface area contributed by atoms with Crippen molar-refractivity contribution < 1.29 is 10.0 Å². The van der Waals surface area contributed by atoms with Crippen LogP contribution < -0.4 is 11.1 Å². The van der Waals surface area contributed by atoms with Gasteiger partial charge in [-0.2, -0.15) is 0 Å². The Hall–Kier alpha value is -1.46. The number of amidine groups is 1. The number of nitrogens with zero attached hydrogens (tertiary/aromatic N) is 1. The summed E-state index contributed by atoms with van der Waals surface area (Å²) >= 11 is 11.7. The van der Waals surface area contributed by atoms with Crippen molar-refractivity contribution in [2.24, 2.45) is 10.9 Å². The number of nitrogens with two attached hydrogens (primary N) is 1. The molecule has 104 valence electrons. The van der Waals surface area contributed by atoms with Crippen LogP contribution in [0.5, 0.6) is 0 Å². The Kier molecular flexibility index (Phi) is 5.92. The van der Waals surface area contributed by atoms with Crippen molar-refractivity contribution in [1.29, 1.82) is 0 Å². The summed E-state index contributed by atoms with van der Waals surface area (Å²) < 4.78 is 0. The van der Waals surface area contributed by atoms with Gasteiger partial charge >= 0.3 is 0 Å². The number of hydrogen-bond donors (Lipinski definition) is 3. The monoisotopic (exact) mass is 303 g/mol. The number of oxime groups is 1. The van der Waals surface area contributed by atoms with E-state index in [0.717, 1.165) is 6.42 Å². The smallest absolute Gasteiger partial charge is 0.253 e. The molecule has 1 aromatic rings. The summed E-state index contributed by atoms with van der Waals surface area (Å²) in [6.45, 7) is 1.93. The zero-order valence-corrected chi connectivity index (χ0v) is 11.9. The zero-order valence-electron chi connectivity index (χ0n) is 10.4. The predicted molar refractivity (Wildman–Crippen MR) is 76.0 cm³/mol. The molecule has 19 heavy (non-hydrogen) atoms. The second-order valence-electron chi connectivity index (χ2n) is 3.96. The SMILES string of the molecule is CCCC(NC(=O)c1ccc(Cl)cc1Cl)/C(N)=N/O. The van der Waals surface area contributed by atoms with Crippen LogP contribution in [0.2, 0.25) is 10.0 Å². The minimum absolute atomic E-state index is 0.0414. The summed E-state index contributed by atoms with van der Waals surface area (Å²) in [6, 6.07) is 4.04. The van der Waals surface area contributed by atoms with Crippen LogP contribution in [0.4, 0.5) is 0 Å². The first kappa shape index (κ1) is 15.6.